The Morgan fingerprint density at radius 1 is 1.07 bits per heavy atom. The van der Waals surface area contributed by atoms with Crippen molar-refractivity contribution in [3.63, 3.8) is 0 Å². The topological polar surface area (TPSA) is 36.4 Å². The van der Waals surface area contributed by atoms with Gasteiger partial charge in [-0.15, -0.1) is 11.8 Å². The number of aromatic nitrogens is 1. The molecule has 1 aliphatic rings. The maximum atomic E-state index is 9.92. The van der Waals surface area contributed by atoms with Crippen LogP contribution in [0.4, 0.5) is 5.69 Å². The number of pyridine rings is 1. The highest BCUT2D eigenvalue weighted by molar-refractivity contribution is 7.99. The zero-order chi connectivity index (χ0) is 18.6. The van der Waals surface area contributed by atoms with Crippen LogP contribution in [0.1, 0.15) is 12.0 Å². The first-order chi connectivity index (χ1) is 13.2. The zero-order valence-electron chi connectivity index (χ0n) is 14.9. The first-order valence-corrected chi connectivity index (χ1v) is 10.3. The van der Waals surface area contributed by atoms with E-state index in [0.29, 0.717) is 10.3 Å². The number of aliphatic hydroxyl groups is 1. The van der Waals surface area contributed by atoms with Gasteiger partial charge < -0.3 is 10.0 Å². The Bertz CT molecular complexity index is 902. The van der Waals surface area contributed by atoms with Crippen molar-refractivity contribution in [3.05, 3.63) is 77.4 Å². The third-order valence-corrected chi connectivity index (χ3v) is 6.25. The fourth-order valence-electron chi connectivity index (χ4n) is 3.48. The molecule has 1 aliphatic heterocycles. The summed E-state index contributed by atoms with van der Waals surface area (Å²) in [7, 11) is 0. The van der Waals surface area contributed by atoms with E-state index in [1.165, 1.54) is 5.56 Å². The predicted molar refractivity (Wildman–Crippen MR) is 114 cm³/mol. The van der Waals surface area contributed by atoms with Crippen molar-refractivity contribution in [2.75, 3.05) is 18.0 Å². The van der Waals surface area contributed by atoms with Gasteiger partial charge in [-0.25, -0.2) is 4.98 Å². The Hall–Kier alpha value is -2.01. The average Bonchev–Trinajstić information content (AvgIpc) is 3.18. The van der Waals surface area contributed by atoms with Gasteiger partial charge in [0.25, 0.3) is 0 Å². The lowest BCUT2D eigenvalue weighted by Crippen LogP contribution is -2.21. The lowest BCUT2D eigenvalue weighted by Gasteiger charge is -2.22. The van der Waals surface area contributed by atoms with E-state index in [0.717, 1.165) is 41.4 Å². The van der Waals surface area contributed by atoms with E-state index < -0.39 is 0 Å². The van der Waals surface area contributed by atoms with E-state index in [2.05, 4.69) is 40.2 Å². The van der Waals surface area contributed by atoms with Gasteiger partial charge in [-0.3, -0.25) is 0 Å². The second-order valence-corrected chi connectivity index (χ2v) is 8.41. The first kappa shape index (κ1) is 18.4. The molecule has 1 aromatic heterocycles. The molecule has 0 saturated carbocycles. The largest absolute Gasteiger partial charge is 0.392 e. The molecule has 2 heterocycles. The molecule has 1 saturated heterocycles. The van der Waals surface area contributed by atoms with Crippen LogP contribution in [0.25, 0.3) is 11.1 Å². The van der Waals surface area contributed by atoms with Crippen LogP contribution in [0.5, 0.6) is 0 Å². The molecular weight excluding hydrogens is 376 g/mol. The summed E-state index contributed by atoms with van der Waals surface area (Å²) in [5.74, 6) is 0. The molecule has 0 bridgehead atoms. The second kappa shape index (κ2) is 8.34. The number of hydrogen-bond donors (Lipinski definition) is 1. The molecule has 1 N–H and O–H groups in total. The van der Waals surface area contributed by atoms with Crippen molar-refractivity contribution in [2.24, 2.45) is 0 Å². The Morgan fingerprint density at radius 3 is 2.67 bits per heavy atom. The van der Waals surface area contributed by atoms with Crippen molar-refractivity contribution < 1.29 is 5.11 Å². The minimum absolute atomic E-state index is 0.0447. The number of hydrogen-bond acceptors (Lipinski definition) is 4. The molecule has 0 radical (unpaired) electrons. The van der Waals surface area contributed by atoms with Gasteiger partial charge in [0.15, 0.2) is 0 Å². The van der Waals surface area contributed by atoms with Crippen molar-refractivity contribution in [1.82, 2.24) is 4.98 Å². The molecule has 0 amide bonds. The smallest absolute Gasteiger partial charge is 0.0964 e. The van der Waals surface area contributed by atoms with Crippen LogP contribution in [-0.2, 0) is 6.61 Å². The highest BCUT2D eigenvalue weighted by Crippen LogP contribution is 2.34. The van der Waals surface area contributed by atoms with Gasteiger partial charge >= 0.3 is 0 Å². The molecule has 3 aromatic rings. The average molecular weight is 397 g/mol. The standard InChI is InChI=1S/C22H21ClN2OS/c23-19-7-9-22(24-13-19)27-20-10-11-25(14-20)21-8-6-17(12-18(21)15-26)16-4-2-1-3-5-16/h1-9,12-13,20,26H,10-11,14-15H2/t20-/m0/s1. The van der Waals surface area contributed by atoms with E-state index in [9.17, 15) is 5.11 Å². The molecule has 0 unspecified atom stereocenters. The van der Waals surface area contributed by atoms with Crippen LogP contribution in [0, 0.1) is 0 Å². The number of benzene rings is 2. The number of rotatable bonds is 5. The third-order valence-electron chi connectivity index (χ3n) is 4.83. The summed E-state index contributed by atoms with van der Waals surface area (Å²) in [5.41, 5.74) is 4.41. The monoisotopic (exact) mass is 396 g/mol. The maximum absolute atomic E-state index is 9.92. The van der Waals surface area contributed by atoms with Gasteiger partial charge in [-0.05, 0) is 41.8 Å². The molecular formula is C22H21ClN2OS. The fraction of sp³-hybridized carbons (Fsp3) is 0.227. The zero-order valence-corrected chi connectivity index (χ0v) is 16.5. The molecule has 1 fully saturated rings. The fourth-order valence-corrected chi connectivity index (χ4v) is 4.67. The van der Waals surface area contributed by atoms with Crippen LogP contribution in [0.3, 0.4) is 0 Å². The Labute approximate surface area is 169 Å². The maximum Gasteiger partial charge on any atom is 0.0964 e. The van der Waals surface area contributed by atoms with Crippen LogP contribution >= 0.6 is 23.4 Å². The molecule has 138 valence electrons. The molecule has 5 heteroatoms. The van der Waals surface area contributed by atoms with E-state index in [1.54, 1.807) is 18.0 Å². The predicted octanol–water partition coefficient (Wildman–Crippen LogP) is 5.27. The van der Waals surface area contributed by atoms with Crippen molar-refractivity contribution in [1.29, 1.82) is 0 Å². The van der Waals surface area contributed by atoms with Gasteiger partial charge in [-0.1, -0.05) is 48.0 Å². The Kier molecular flexibility index (Phi) is 5.67. The van der Waals surface area contributed by atoms with Gasteiger partial charge in [0.05, 0.1) is 16.7 Å². The number of nitrogens with zero attached hydrogens (tertiary/aromatic N) is 2. The quantitative estimate of drug-likeness (QED) is 0.637. The summed E-state index contributed by atoms with van der Waals surface area (Å²) >= 11 is 7.72. The molecule has 3 nitrogen and oxygen atoms in total. The molecule has 4 rings (SSSR count). The SMILES string of the molecule is OCc1cc(-c2ccccc2)ccc1N1CC[C@H](Sc2ccc(Cl)cn2)C1. The van der Waals surface area contributed by atoms with E-state index >= 15 is 0 Å². The number of halogens is 1. The Morgan fingerprint density at radius 2 is 1.93 bits per heavy atom. The summed E-state index contributed by atoms with van der Waals surface area (Å²) < 4.78 is 0. The van der Waals surface area contributed by atoms with Crippen molar-refractivity contribution in [2.45, 2.75) is 23.3 Å². The normalized spacial score (nSPS) is 16.7. The van der Waals surface area contributed by atoms with Crippen molar-refractivity contribution >= 4 is 29.1 Å². The van der Waals surface area contributed by atoms with Gasteiger partial charge in [0.2, 0.25) is 0 Å². The summed E-state index contributed by atoms with van der Waals surface area (Å²) in [6, 6.07) is 20.5. The highest BCUT2D eigenvalue weighted by Gasteiger charge is 2.25. The lowest BCUT2D eigenvalue weighted by atomic mass is 10.0. The van der Waals surface area contributed by atoms with Crippen LogP contribution in [0.2, 0.25) is 5.02 Å². The lowest BCUT2D eigenvalue weighted by molar-refractivity contribution is 0.282. The minimum Gasteiger partial charge on any atom is -0.392 e. The van der Waals surface area contributed by atoms with E-state index in [-0.39, 0.29) is 6.61 Å². The van der Waals surface area contributed by atoms with Crippen molar-refractivity contribution in [3.8, 4) is 11.1 Å². The summed E-state index contributed by atoms with van der Waals surface area (Å²) in [6.45, 7) is 1.98. The van der Waals surface area contributed by atoms with Gasteiger partial charge in [0, 0.05) is 35.8 Å². The van der Waals surface area contributed by atoms with Crippen LogP contribution < -0.4 is 4.90 Å². The van der Waals surface area contributed by atoms with Gasteiger partial charge in [0.1, 0.15) is 0 Å². The van der Waals surface area contributed by atoms with Gasteiger partial charge in [-0.2, -0.15) is 0 Å². The van der Waals surface area contributed by atoms with Crippen LogP contribution in [-0.4, -0.2) is 28.4 Å². The minimum atomic E-state index is 0.0447. The first-order valence-electron chi connectivity index (χ1n) is 9.05. The van der Waals surface area contributed by atoms with Crippen LogP contribution in [0.15, 0.2) is 71.9 Å². The van der Waals surface area contributed by atoms with E-state index in [1.807, 2.05) is 30.3 Å². The Balaban J connectivity index is 1.49. The summed E-state index contributed by atoms with van der Waals surface area (Å²) in [6.07, 6.45) is 2.79. The number of anilines is 1. The second-order valence-electron chi connectivity index (χ2n) is 6.66. The summed E-state index contributed by atoms with van der Waals surface area (Å²) in [4.78, 5) is 6.76. The number of aliphatic hydroxyl groups excluding tert-OH is 1. The molecule has 0 spiro atoms. The molecule has 2 aromatic carbocycles. The number of thioether (sulfide) groups is 1. The highest BCUT2D eigenvalue weighted by atomic mass is 35.5. The molecule has 0 aliphatic carbocycles. The third kappa shape index (κ3) is 4.29. The molecule has 27 heavy (non-hydrogen) atoms. The van der Waals surface area contributed by atoms with E-state index in [4.69, 9.17) is 11.6 Å². The molecule has 1 atom stereocenters. The summed E-state index contributed by atoms with van der Waals surface area (Å²) in [5, 5.41) is 12.1.